The molecule has 1 aliphatic heterocycles. The Bertz CT molecular complexity index is 1520. The number of aliphatic carboxylic acids is 1. The number of benzene rings is 1. The topological polar surface area (TPSA) is 125 Å². The van der Waals surface area contributed by atoms with Crippen molar-refractivity contribution in [2.24, 2.45) is 0 Å². The van der Waals surface area contributed by atoms with E-state index in [9.17, 15) is 19.5 Å². The first-order valence-electron chi connectivity index (χ1n) is 12.5. The summed E-state index contributed by atoms with van der Waals surface area (Å²) >= 11 is 0. The predicted octanol–water partition coefficient (Wildman–Crippen LogP) is 3.76. The van der Waals surface area contributed by atoms with Crippen LogP contribution in [0.1, 0.15) is 37.4 Å². The smallest absolute Gasteiger partial charge is 0.326 e. The van der Waals surface area contributed by atoms with Gasteiger partial charge in [-0.05, 0) is 68.3 Å². The minimum Gasteiger partial charge on any atom is -0.480 e. The summed E-state index contributed by atoms with van der Waals surface area (Å²) in [6, 6.07) is 10.4. The zero-order chi connectivity index (χ0) is 26.1. The molecule has 1 saturated heterocycles. The van der Waals surface area contributed by atoms with Gasteiger partial charge in [0.25, 0.3) is 10.9 Å². The van der Waals surface area contributed by atoms with Crippen molar-refractivity contribution in [3.63, 3.8) is 0 Å². The number of nitrogens with one attached hydrogen (secondary N) is 2. The van der Waals surface area contributed by atoms with Gasteiger partial charge in [0.2, 0.25) is 0 Å². The van der Waals surface area contributed by atoms with E-state index in [1.54, 1.807) is 12.4 Å². The second-order valence-electron chi connectivity index (χ2n) is 9.69. The van der Waals surface area contributed by atoms with Crippen molar-refractivity contribution in [3.8, 4) is 0 Å². The molecule has 37 heavy (non-hydrogen) atoms. The molecule has 1 aliphatic rings. The zero-order valence-electron chi connectivity index (χ0n) is 20.8. The molecule has 1 fully saturated rings. The van der Waals surface area contributed by atoms with E-state index in [-0.39, 0.29) is 18.2 Å². The molecule has 0 bridgehead atoms. The highest BCUT2D eigenvalue weighted by Gasteiger charge is 2.32. The number of hydrogen-bond donors (Lipinski definition) is 3. The Hall–Kier alpha value is -4.27. The summed E-state index contributed by atoms with van der Waals surface area (Å²) in [5.74, 6) is -0.392. The molecule has 0 spiro atoms. The molecule has 0 amide bonds. The number of carbonyl (C=O) groups is 1. The molecule has 0 saturated carbocycles. The van der Waals surface area contributed by atoms with Crippen molar-refractivity contribution in [1.29, 1.82) is 0 Å². The first-order chi connectivity index (χ1) is 17.8. The summed E-state index contributed by atoms with van der Waals surface area (Å²) in [6.07, 6.45) is 6.61. The Morgan fingerprint density at radius 2 is 1.95 bits per heavy atom. The maximum Gasteiger partial charge on any atom is 0.326 e. The lowest BCUT2D eigenvalue weighted by molar-refractivity contribution is -0.137. The van der Waals surface area contributed by atoms with Crippen LogP contribution in [-0.4, -0.2) is 39.7 Å². The van der Waals surface area contributed by atoms with Gasteiger partial charge >= 0.3 is 5.97 Å². The summed E-state index contributed by atoms with van der Waals surface area (Å²) in [5, 5.41) is 18.0. The third-order valence-electron chi connectivity index (χ3n) is 7.01. The van der Waals surface area contributed by atoms with Crippen LogP contribution in [0, 0.1) is 6.92 Å². The van der Waals surface area contributed by atoms with Gasteiger partial charge in [-0.2, -0.15) is 0 Å². The van der Waals surface area contributed by atoms with E-state index in [1.165, 1.54) is 0 Å². The minimum absolute atomic E-state index is 0.121. The number of anilines is 4. The first-order valence-corrected chi connectivity index (χ1v) is 12.5. The van der Waals surface area contributed by atoms with Gasteiger partial charge in [-0.3, -0.25) is 14.6 Å². The Labute approximate surface area is 213 Å². The van der Waals surface area contributed by atoms with E-state index in [4.69, 9.17) is 0 Å². The molecule has 2 atom stereocenters. The van der Waals surface area contributed by atoms with Gasteiger partial charge in [0, 0.05) is 48.2 Å². The summed E-state index contributed by atoms with van der Waals surface area (Å²) in [4.78, 5) is 47.5. The van der Waals surface area contributed by atoms with Crippen LogP contribution >= 0.6 is 0 Å². The van der Waals surface area contributed by atoms with Crippen molar-refractivity contribution in [3.05, 3.63) is 80.5 Å². The summed E-state index contributed by atoms with van der Waals surface area (Å²) < 4.78 is 0. The minimum atomic E-state index is -1.09. The number of nitrogens with zero attached hydrogens (tertiary/aromatic N) is 3. The van der Waals surface area contributed by atoms with Crippen LogP contribution in [-0.2, 0) is 11.2 Å². The molecule has 3 N–H and O–H groups in total. The number of hydrogen-bond acceptors (Lipinski definition) is 8. The molecule has 0 aliphatic carbocycles. The Kier molecular flexibility index (Phi) is 6.60. The Morgan fingerprint density at radius 3 is 2.68 bits per heavy atom. The normalized spacial score (nSPS) is 16.6. The highest BCUT2D eigenvalue weighted by molar-refractivity contribution is 5.93. The largest absolute Gasteiger partial charge is 0.480 e. The number of aryl methyl sites for hydroxylation is 1. The summed E-state index contributed by atoms with van der Waals surface area (Å²) in [7, 11) is 0. The molecule has 190 valence electrons. The van der Waals surface area contributed by atoms with E-state index in [0.29, 0.717) is 18.1 Å². The van der Waals surface area contributed by atoms with Gasteiger partial charge in [-0.15, -0.1) is 0 Å². The van der Waals surface area contributed by atoms with Crippen LogP contribution in [0.25, 0.3) is 10.8 Å². The van der Waals surface area contributed by atoms with Gasteiger partial charge in [0.15, 0.2) is 0 Å². The van der Waals surface area contributed by atoms with Crippen molar-refractivity contribution < 1.29 is 9.90 Å². The number of aromatic nitrogens is 2. The van der Waals surface area contributed by atoms with Crippen LogP contribution in [0.5, 0.6) is 0 Å². The lowest BCUT2D eigenvalue weighted by Crippen LogP contribution is -2.49. The zero-order valence-corrected chi connectivity index (χ0v) is 20.8. The lowest BCUT2D eigenvalue weighted by Gasteiger charge is -2.37. The van der Waals surface area contributed by atoms with Crippen LogP contribution in [0.4, 0.5) is 22.9 Å². The fourth-order valence-corrected chi connectivity index (χ4v) is 5.01. The number of carboxylic acids is 1. The Morgan fingerprint density at radius 1 is 1.16 bits per heavy atom. The third-order valence-corrected chi connectivity index (χ3v) is 7.01. The van der Waals surface area contributed by atoms with Crippen molar-refractivity contribution in [2.45, 2.75) is 51.6 Å². The number of fused-ring (bicyclic) bond motifs is 1. The average Bonchev–Trinajstić information content (AvgIpc) is 2.89. The molecule has 3 heterocycles. The van der Waals surface area contributed by atoms with Crippen LogP contribution in [0.15, 0.2) is 58.4 Å². The maximum absolute atomic E-state index is 12.4. The van der Waals surface area contributed by atoms with Gasteiger partial charge in [-0.25, -0.2) is 9.78 Å². The number of piperidine rings is 1. The second-order valence-corrected chi connectivity index (χ2v) is 9.69. The van der Waals surface area contributed by atoms with E-state index < -0.39 is 22.9 Å². The highest BCUT2D eigenvalue weighted by atomic mass is 16.4. The monoisotopic (exact) mass is 499 g/mol. The molecular formula is C28H29N5O4. The average molecular weight is 500 g/mol. The number of pyridine rings is 2. The van der Waals surface area contributed by atoms with E-state index in [1.807, 2.05) is 55.1 Å². The molecule has 4 aromatic rings. The van der Waals surface area contributed by atoms with Crippen molar-refractivity contribution in [2.75, 3.05) is 22.1 Å². The molecule has 9 nitrogen and oxygen atoms in total. The van der Waals surface area contributed by atoms with Gasteiger partial charge in [-0.1, -0.05) is 12.1 Å². The molecule has 9 heteroatoms. The second kappa shape index (κ2) is 10.0. The molecule has 2 aromatic heterocycles. The first kappa shape index (κ1) is 24.4. The number of carboxylic acid groups (broad SMARTS) is 1. The van der Waals surface area contributed by atoms with Gasteiger partial charge in [0.05, 0.1) is 0 Å². The molecule has 5 rings (SSSR count). The van der Waals surface area contributed by atoms with E-state index in [2.05, 4.69) is 20.6 Å². The highest BCUT2D eigenvalue weighted by Crippen LogP contribution is 2.29. The molecule has 0 radical (unpaired) electrons. The van der Waals surface area contributed by atoms with Crippen molar-refractivity contribution in [1.82, 2.24) is 9.97 Å². The molecular weight excluding hydrogens is 470 g/mol. The summed E-state index contributed by atoms with van der Waals surface area (Å²) in [6.45, 7) is 4.64. The standard InChI is InChI=1S/C28H29N5O4/c1-16-13-19-10-11-29-15-21(19)27(30-16)31-20-8-6-18(7-9-20)14-22(28(36)37)32-23-24(26(35)25(23)34)33-12-4-3-5-17(33)2/h6-11,13,15,17,22,32H,3-5,12,14H2,1-2H3,(H,30,31)(H,36,37). The van der Waals surface area contributed by atoms with E-state index >= 15 is 0 Å². The fraction of sp³-hybridized carbons (Fsp3) is 0.321. The molecule has 2 aromatic carbocycles. The molecule has 2 unspecified atom stereocenters. The van der Waals surface area contributed by atoms with Crippen LogP contribution < -0.4 is 26.4 Å². The van der Waals surface area contributed by atoms with E-state index in [0.717, 1.165) is 47.0 Å². The fourth-order valence-electron chi connectivity index (χ4n) is 5.01. The third kappa shape index (κ3) is 4.89. The van der Waals surface area contributed by atoms with Crippen LogP contribution in [0.3, 0.4) is 0 Å². The maximum atomic E-state index is 12.4. The summed E-state index contributed by atoms with van der Waals surface area (Å²) in [5.41, 5.74) is 1.72. The Balaban J connectivity index is 1.32. The quantitative estimate of drug-likeness (QED) is 0.311. The lowest BCUT2D eigenvalue weighted by atomic mass is 9.99. The van der Waals surface area contributed by atoms with Gasteiger partial charge < -0.3 is 20.6 Å². The predicted molar refractivity (Wildman–Crippen MR) is 145 cm³/mol. The SMILES string of the molecule is Cc1cc2ccncc2c(Nc2ccc(CC(Nc3c(N4CCCCC4C)c(=O)c3=O)C(=O)O)cc2)n1. The number of rotatable bonds is 8. The van der Waals surface area contributed by atoms with Gasteiger partial charge in [0.1, 0.15) is 23.2 Å². The van der Waals surface area contributed by atoms with Crippen LogP contribution in [0.2, 0.25) is 0 Å². The van der Waals surface area contributed by atoms with Crippen molar-refractivity contribution >= 4 is 39.6 Å².